The Morgan fingerprint density at radius 2 is 2.19 bits per heavy atom. The molecule has 0 radical (unpaired) electrons. The van der Waals surface area contributed by atoms with E-state index in [0.29, 0.717) is 6.54 Å². The Labute approximate surface area is 145 Å². The van der Waals surface area contributed by atoms with Crippen LogP contribution in [0.4, 0.5) is 0 Å². The molecule has 2 aromatic heterocycles. The molecule has 0 fully saturated rings. The van der Waals surface area contributed by atoms with E-state index in [9.17, 15) is 0 Å². The molecule has 0 aliphatic carbocycles. The van der Waals surface area contributed by atoms with Crippen molar-refractivity contribution in [1.29, 1.82) is 0 Å². The first-order chi connectivity index (χ1) is 9.69. The van der Waals surface area contributed by atoms with E-state index in [1.165, 1.54) is 4.88 Å². The van der Waals surface area contributed by atoms with Crippen LogP contribution in [0.2, 0.25) is 0 Å². The predicted octanol–water partition coefficient (Wildman–Crippen LogP) is 2.01. The number of guanidine groups is 1. The number of aromatic amines is 1. The first kappa shape index (κ1) is 17.9. The number of hydrogen-bond acceptors (Lipinski definition) is 4. The van der Waals surface area contributed by atoms with Crippen molar-refractivity contribution in [3.63, 3.8) is 0 Å². The fourth-order valence-electron chi connectivity index (χ4n) is 1.72. The van der Waals surface area contributed by atoms with Crippen LogP contribution in [-0.4, -0.2) is 34.7 Å². The van der Waals surface area contributed by atoms with E-state index in [-0.39, 0.29) is 24.0 Å². The molecule has 21 heavy (non-hydrogen) atoms. The molecule has 0 saturated carbocycles. The van der Waals surface area contributed by atoms with Gasteiger partial charge in [0.1, 0.15) is 0 Å². The zero-order chi connectivity index (χ0) is 14.4. The minimum Gasteiger partial charge on any atom is -0.356 e. The fourth-order valence-corrected chi connectivity index (χ4v) is 2.65. The quantitative estimate of drug-likeness (QED) is 0.393. The minimum absolute atomic E-state index is 0. The van der Waals surface area contributed by atoms with Crippen molar-refractivity contribution in [2.45, 2.75) is 26.8 Å². The van der Waals surface area contributed by atoms with Crippen molar-refractivity contribution in [2.75, 3.05) is 13.6 Å². The molecule has 0 atom stereocenters. The molecule has 0 amide bonds. The lowest BCUT2D eigenvalue weighted by Gasteiger charge is -2.10. The summed E-state index contributed by atoms with van der Waals surface area (Å²) in [5.41, 5.74) is 2.16. The predicted molar refractivity (Wildman–Crippen MR) is 97.5 cm³/mol. The van der Waals surface area contributed by atoms with Gasteiger partial charge in [0.25, 0.3) is 0 Å². The molecule has 0 aliphatic heterocycles. The highest BCUT2D eigenvalue weighted by atomic mass is 127. The molecule has 2 rings (SSSR count). The summed E-state index contributed by atoms with van der Waals surface area (Å²) in [5.74, 6) is 0.782. The Bertz CT molecular complexity index is 544. The largest absolute Gasteiger partial charge is 0.356 e. The summed E-state index contributed by atoms with van der Waals surface area (Å²) in [6.07, 6.45) is 2.64. The van der Waals surface area contributed by atoms with E-state index < -0.39 is 0 Å². The Morgan fingerprint density at radius 1 is 1.38 bits per heavy atom. The molecule has 2 heterocycles. The average molecular weight is 420 g/mol. The smallest absolute Gasteiger partial charge is 0.191 e. The maximum absolute atomic E-state index is 4.52. The maximum atomic E-state index is 4.52. The van der Waals surface area contributed by atoms with E-state index in [1.54, 1.807) is 24.6 Å². The monoisotopic (exact) mass is 420 g/mol. The second-order valence-electron chi connectivity index (χ2n) is 4.43. The van der Waals surface area contributed by atoms with Gasteiger partial charge in [-0.3, -0.25) is 10.1 Å². The van der Waals surface area contributed by atoms with Gasteiger partial charge in [0.2, 0.25) is 0 Å². The van der Waals surface area contributed by atoms with E-state index in [4.69, 9.17) is 0 Å². The maximum Gasteiger partial charge on any atom is 0.191 e. The average Bonchev–Trinajstić information content (AvgIpc) is 3.05. The summed E-state index contributed by atoms with van der Waals surface area (Å²) in [4.78, 5) is 10.0. The number of aromatic nitrogens is 3. The summed E-state index contributed by atoms with van der Waals surface area (Å²) >= 11 is 1.76. The Morgan fingerprint density at radius 3 is 2.76 bits per heavy atom. The van der Waals surface area contributed by atoms with E-state index in [2.05, 4.69) is 37.7 Å². The van der Waals surface area contributed by atoms with Gasteiger partial charge in [0, 0.05) is 31.1 Å². The van der Waals surface area contributed by atoms with Crippen molar-refractivity contribution in [1.82, 2.24) is 25.8 Å². The van der Waals surface area contributed by atoms with Crippen molar-refractivity contribution < 1.29 is 0 Å². The molecule has 0 aliphatic rings. The number of nitrogens with zero attached hydrogens (tertiary/aromatic N) is 3. The highest BCUT2D eigenvalue weighted by Crippen LogP contribution is 2.16. The van der Waals surface area contributed by atoms with Gasteiger partial charge >= 0.3 is 0 Å². The van der Waals surface area contributed by atoms with Crippen LogP contribution < -0.4 is 10.6 Å². The number of thiazole rings is 1. The number of halogens is 1. The number of nitrogens with one attached hydrogen (secondary N) is 3. The standard InChI is InChI=1S/C13H20N6S.HI/c1-9-10(2)20-12(18-9)5-6-15-13(14-3)16-8-11-4-7-17-19-11;/h4,7H,5-6,8H2,1-3H3,(H,17,19)(H2,14,15,16);1H. The fraction of sp³-hybridized carbons (Fsp3) is 0.462. The summed E-state index contributed by atoms with van der Waals surface area (Å²) in [7, 11) is 1.76. The van der Waals surface area contributed by atoms with Crippen molar-refractivity contribution >= 4 is 41.3 Å². The molecular formula is C13H21IN6S. The second kappa shape index (κ2) is 8.98. The molecule has 0 saturated heterocycles. The lowest BCUT2D eigenvalue weighted by molar-refractivity contribution is 0.777. The molecule has 3 N–H and O–H groups in total. The molecule has 0 spiro atoms. The van der Waals surface area contributed by atoms with Crippen LogP contribution in [0.3, 0.4) is 0 Å². The summed E-state index contributed by atoms with van der Waals surface area (Å²) in [6, 6.07) is 1.93. The molecular weight excluding hydrogens is 399 g/mol. The van der Waals surface area contributed by atoms with Gasteiger partial charge < -0.3 is 10.6 Å². The lowest BCUT2D eigenvalue weighted by Crippen LogP contribution is -2.37. The number of aliphatic imine (C=N–C) groups is 1. The van der Waals surface area contributed by atoms with Gasteiger partial charge in [-0.1, -0.05) is 0 Å². The van der Waals surface area contributed by atoms with Crippen LogP contribution in [0.15, 0.2) is 17.3 Å². The molecule has 0 bridgehead atoms. The molecule has 8 heteroatoms. The Balaban J connectivity index is 0.00000220. The lowest BCUT2D eigenvalue weighted by atomic mass is 10.4. The highest BCUT2D eigenvalue weighted by molar-refractivity contribution is 14.0. The van der Waals surface area contributed by atoms with Crippen LogP contribution in [0.5, 0.6) is 0 Å². The van der Waals surface area contributed by atoms with Gasteiger partial charge in [-0.2, -0.15) is 5.10 Å². The Hall–Kier alpha value is -1.16. The van der Waals surface area contributed by atoms with Gasteiger partial charge in [-0.15, -0.1) is 35.3 Å². The second-order valence-corrected chi connectivity index (χ2v) is 5.72. The topological polar surface area (TPSA) is 78.0 Å². The third-order valence-electron chi connectivity index (χ3n) is 2.93. The van der Waals surface area contributed by atoms with Crippen LogP contribution >= 0.6 is 35.3 Å². The number of H-pyrrole nitrogens is 1. The number of aryl methyl sites for hydroxylation is 2. The Kier molecular flexibility index (Phi) is 7.65. The third kappa shape index (κ3) is 5.62. The zero-order valence-corrected chi connectivity index (χ0v) is 15.6. The van der Waals surface area contributed by atoms with Crippen LogP contribution in [0.1, 0.15) is 21.3 Å². The molecule has 0 unspecified atom stereocenters. The number of hydrogen-bond donors (Lipinski definition) is 3. The molecule has 6 nitrogen and oxygen atoms in total. The summed E-state index contributed by atoms with van der Waals surface area (Å²) in [5, 5.41) is 14.5. The highest BCUT2D eigenvalue weighted by Gasteiger charge is 2.04. The third-order valence-corrected chi connectivity index (χ3v) is 4.07. The molecule has 2 aromatic rings. The normalized spacial score (nSPS) is 11.1. The van der Waals surface area contributed by atoms with E-state index in [1.807, 2.05) is 13.0 Å². The van der Waals surface area contributed by atoms with Crippen molar-refractivity contribution in [3.8, 4) is 0 Å². The van der Waals surface area contributed by atoms with Crippen LogP contribution in [0, 0.1) is 13.8 Å². The first-order valence-electron chi connectivity index (χ1n) is 6.54. The van der Waals surface area contributed by atoms with Crippen molar-refractivity contribution in [2.24, 2.45) is 4.99 Å². The van der Waals surface area contributed by atoms with Gasteiger partial charge in [-0.25, -0.2) is 4.98 Å². The van der Waals surface area contributed by atoms with E-state index >= 15 is 0 Å². The summed E-state index contributed by atoms with van der Waals surface area (Å²) in [6.45, 7) is 5.65. The zero-order valence-electron chi connectivity index (χ0n) is 12.4. The van der Waals surface area contributed by atoms with Crippen LogP contribution in [0.25, 0.3) is 0 Å². The van der Waals surface area contributed by atoms with E-state index in [0.717, 1.165) is 35.3 Å². The van der Waals surface area contributed by atoms with Crippen LogP contribution in [-0.2, 0) is 13.0 Å². The molecule has 0 aromatic carbocycles. The minimum atomic E-state index is 0. The van der Waals surface area contributed by atoms with Gasteiger partial charge in [0.05, 0.1) is 22.9 Å². The summed E-state index contributed by atoms with van der Waals surface area (Å²) < 4.78 is 0. The van der Waals surface area contributed by atoms with Gasteiger partial charge in [-0.05, 0) is 19.9 Å². The number of rotatable bonds is 5. The molecule has 116 valence electrons. The van der Waals surface area contributed by atoms with Gasteiger partial charge in [0.15, 0.2) is 5.96 Å². The van der Waals surface area contributed by atoms with Crippen molar-refractivity contribution in [3.05, 3.63) is 33.5 Å². The first-order valence-corrected chi connectivity index (χ1v) is 7.36. The SMILES string of the molecule is CN=C(NCCc1nc(C)c(C)s1)NCc1ccn[nH]1.I.